The number of primary amides is 1. The normalized spacial score (nSPS) is 14.0. The van der Waals surface area contributed by atoms with Crippen molar-refractivity contribution < 1.29 is 4.79 Å². The van der Waals surface area contributed by atoms with E-state index in [4.69, 9.17) is 17.3 Å². The summed E-state index contributed by atoms with van der Waals surface area (Å²) in [6.45, 7) is 3.80. The molecule has 0 radical (unpaired) electrons. The number of thioether (sulfide) groups is 1. The van der Waals surface area contributed by atoms with E-state index < -0.39 is 5.25 Å². The molecule has 6 nitrogen and oxygen atoms in total. The Morgan fingerprint density at radius 2 is 1.87 bits per heavy atom. The van der Waals surface area contributed by atoms with Gasteiger partial charge in [0.05, 0.1) is 11.3 Å². The quantitative estimate of drug-likeness (QED) is 0.807. The number of nitrogens with two attached hydrogens (primary N) is 1. The van der Waals surface area contributed by atoms with Crippen LogP contribution in [0.4, 0.5) is 0 Å². The van der Waals surface area contributed by atoms with Gasteiger partial charge in [-0.05, 0) is 52.2 Å². The van der Waals surface area contributed by atoms with Crippen molar-refractivity contribution in [1.29, 1.82) is 0 Å². The van der Waals surface area contributed by atoms with Crippen LogP contribution < -0.4 is 5.73 Å². The number of benzene rings is 1. The summed E-state index contributed by atoms with van der Waals surface area (Å²) in [6, 6.07) is 7.48. The predicted molar refractivity (Wildman–Crippen MR) is 93.0 cm³/mol. The second-order valence-electron chi connectivity index (χ2n) is 5.45. The van der Waals surface area contributed by atoms with E-state index in [-0.39, 0.29) is 11.9 Å². The van der Waals surface area contributed by atoms with Crippen molar-refractivity contribution in [3.05, 3.63) is 35.1 Å². The zero-order valence-corrected chi connectivity index (χ0v) is 15.1. The van der Waals surface area contributed by atoms with Gasteiger partial charge in [0.2, 0.25) is 5.91 Å². The van der Waals surface area contributed by atoms with E-state index in [2.05, 4.69) is 10.2 Å². The van der Waals surface area contributed by atoms with E-state index in [0.717, 1.165) is 11.5 Å². The number of nitrogens with zero attached hydrogens (tertiary/aromatic N) is 4. The molecule has 0 saturated carbocycles. The Bertz CT molecular complexity index is 686. The van der Waals surface area contributed by atoms with E-state index in [0.29, 0.717) is 10.2 Å². The van der Waals surface area contributed by atoms with Crippen molar-refractivity contribution >= 4 is 29.3 Å². The zero-order valence-electron chi connectivity index (χ0n) is 13.5. The van der Waals surface area contributed by atoms with Crippen LogP contribution in [-0.4, -0.2) is 44.9 Å². The second-order valence-corrected chi connectivity index (χ2v) is 7.20. The lowest BCUT2D eigenvalue weighted by Crippen LogP contribution is -2.23. The van der Waals surface area contributed by atoms with Gasteiger partial charge in [-0.1, -0.05) is 23.4 Å². The van der Waals surface area contributed by atoms with Crippen LogP contribution in [0.2, 0.25) is 5.02 Å². The first kappa shape index (κ1) is 17.8. The van der Waals surface area contributed by atoms with Crippen LogP contribution in [0, 0.1) is 0 Å². The molecule has 8 heteroatoms. The molecule has 0 aliphatic heterocycles. The zero-order chi connectivity index (χ0) is 17.1. The molecule has 0 saturated heterocycles. The Morgan fingerprint density at radius 3 is 2.39 bits per heavy atom. The number of halogens is 1. The van der Waals surface area contributed by atoms with Gasteiger partial charge in [-0.25, -0.2) is 0 Å². The van der Waals surface area contributed by atoms with Gasteiger partial charge in [-0.2, -0.15) is 0 Å². The van der Waals surface area contributed by atoms with E-state index in [9.17, 15) is 4.79 Å². The molecule has 1 aromatic carbocycles. The number of carbonyl (C=O) groups excluding carboxylic acids is 1. The minimum absolute atomic E-state index is 0.0522. The molecule has 0 spiro atoms. The average molecular weight is 354 g/mol. The highest BCUT2D eigenvalue weighted by Gasteiger charge is 2.23. The Kier molecular flexibility index (Phi) is 5.67. The lowest BCUT2D eigenvalue weighted by molar-refractivity contribution is -0.117. The van der Waals surface area contributed by atoms with Crippen molar-refractivity contribution in [3.63, 3.8) is 0 Å². The number of hydrogen-bond donors (Lipinski definition) is 1. The fourth-order valence-corrected chi connectivity index (χ4v) is 2.86. The molecule has 2 N–H and O–H groups in total. The molecule has 0 bridgehead atoms. The van der Waals surface area contributed by atoms with E-state index in [1.165, 1.54) is 11.8 Å². The van der Waals surface area contributed by atoms with Gasteiger partial charge in [-0.3, -0.25) is 14.3 Å². The van der Waals surface area contributed by atoms with Crippen molar-refractivity contribution in [2.24, 2.45) is 5.73 Å². The summed E-state index contributed by atoms with van der Waals surface area (Å²) >= 11 is 7.27. The van der Waals surface area contributed by atoms with E-state index in [1.54, 1.807) is 6.92 Å². The van der Waals surface area contributed by atoms with Crippen molar-refractivity contribution in [1.82, 2.24) is 19.7 Å². The molecule has 1 heterocycles. The number of aromatic nitrogens is 3. The summed E-state index contributed by atoms with van der Waals surface area (Å²) in [5, 5.41) is 9.45. The lowest BCUT2D eigenvalue weighted by atomic mass is 10.2. The summed E-state index contributed by atoms with van der Waals surface area (Å²) in [5.41, 5.74) is 6.26. The molecule has 23 heavy (non-hydrogen) atoms. The van der Waals surface area contributed by atoms with E-state index in [1.807, 2.05) is 54.8 Å². The van der Waals surface area contributed by atoms with Gasteiger partial charge in [0.25, 0.3) is 0 Å². The molecule has 0 unspecified atom stereocenters. The van der Waals surface area contributed by atoms with Crippen molar-refractivity contribution in [2.45, 2.75) is 30.3 Å². The molecule has 2 aromatic rings. The van der Waals surface area contributed by atoms with Crippen LogP contribution in [0.15, 0.2) is 29.4 Å². The minimum Gasteiger partial charge on any atom is -0.369 e. The van der Waals surface area contributed by atoms with Crippen LogP contribution in [0.25, 0.3) is 5.69 Å². The molecule has 1 aromatic heterocycles. The van der Waals surface area contributed by atoms with Crippen LogP contribution in [0.5, 0.6) is 0 Å². The highest BCUT2D eigenvalue weighted by Crippen LogP contribution is 2.29. The third kappa shape index (κ3) is 4.04. The monoisotopic (exact) mass is 353 g/mol. The minimum atomic E-state index is -0.396. The van der Waals surface area contributed by atoms with Crippen LogP contribution >= 0.6 is 23.4 Å². The largest absolute Gasteiger partial charge is 0.369 e. The topological polar surface area (TPSA) is 77.0 Å². The average Bonchev–Trinajstić information content (AvgIpc) is 2.90. The highest BCUT2D eigenvalue weighted by atomic mass is 35.5. The van der Waals surface area contributed by atoms with Gasteiger partial charge in [0, 0.05) is 10.7 Å². The molecular weight excluding hydrogens is 334 g/mol. The summed E-state index contributed by atoms with van der Waals surface area (Å²) in [7, 11) is 3.95. The van der Waals surface area contributed by atoms with Gasteiger partial charge in [0.15, 0.2) is 11.0 Å². The maximum absolute atomic E-state index is 11.4. The molecular formula is C15H20ClN5OS. The first-order valence-electron chi connectivity index (χ1n) is 7.15. The van der Waals surface area contributed by atoms with Gasteiger partial charge >= 0.3 is 0 Å². The standard InChI is InChI=1S/C15H20ClN5OS/c1-9(20(3)4)14-18-19-15(23-10(2)13(17)22)21(14)12-7-5-11(16)6-8-12/h5-10H,1-4H3,(H2,17,22)/t9-,10+/m1/s1. The lowest BCUT2D eigenvalue weighted by Gasteiger charge is -2.20. The number of carbonyl (C=O) groups is 1. The van der Waals surface area contributed by atoms with Crippen LogP contribution in [0.1, 0.15) is 25.7 Å². The number of hydrogen-bond acceptors (Lipinski definition) is 5. The Morgan fingerprint density at radius 1 is 1.26 bits per heavy atom. The summed E-state index contributed by atoms with van der Waals surface area (Å²) in [6.07, 6.45) is 0. The van der Waals surface area contributed by atoms with Gasteiger partial charge < -0.3 is 5.73 Å². The highest BCUT2D eigenvalue weighted by molar-refractivity contribution is 8.00. The first-order valence-corrected chi connectivity index (χ1v) is 8.40. The van der Waals surface area contributed by atoms with E-state index >= 15 is 0 Å². The summed E-state index contributed by atoms with van der Waals surface area (Å²) in [5.74, 6) is 0.402. The molecule has 0 aliphatic rings. The Balaban J connectivity index is 2.51. The van der Waals surface area contributed by atoms with Gasteiger partial charge in [0.1, 0.15) is 0 Å². The fourth-order valence-electron chi connectivity index (χ4n) is 1.91. The summed E-state index contributed by atoms with van der Waals surface area (Å²) in [4.78, 5) is 13.4. The number of rotatable bonds is 6. The van der Waals surface area contributed by atoms with Crippen molar-refractivity contribution in [2.75, 3.05) is 14.1 Å². The molecule has 2 rings (SSSR count). The molecule has 2 atom stereocenters. The third-order valence-electron chi connectivity index (χ3n) is 3.57. The maximum atomic E-state index is 11.4. The molecule has 0 fully saturated rings. The second kappa shape index (κ2) is 7.33. The third-order valence-corrected chi connectivity index (χ3v) is 4.89. The number of amides is 1. The maximum Gasteiger partial charge on any atom is 0.230 e. The van der Waals surface area contributed by atoms with Gasteiger partial charge in [-0.15, -0.1) is 10.2 Å². The molecule has 124 valence electrons. The Hall–Kier alpha value is -1.57. The SMILES string of the molecule is C[C@H](Sc1nnc([C@@H](C)N(C)C)n1-c1ccc(Cl)cc1)C(N)=O. The van der Waals surface area contributed by atoms with Crippen LogP contribution in [-0.2, 0) is 4.79 Å². The molecule has 0 aliphatic carbocycles. The predicted octanol–water partition coefficient (Wildman–Crippen LogP) is 2.51. The van der Waals surface area contributed by atoms with Crippen LogP contribution in [0.3, 0.4) is 0 Å². The first-order chi connectivity index (χ1) is 10.8. The fraction of sp³-hybridized carbons (Fsp3) is 0.400. The smallest absolute Gasteiger partial charge is 0.230 e. The molecule has 1 amide bonds. The Labute approximate surface area is 145 Å². The van der Waals surface area contributed by atoms with Crippen molar-refractivity contribution in [3.8, 4) is 5.69 Å². The summed E-state index contributed by atoms with van der Waals surface area (Å²) < 4.78 is 1.94.